The molecule has 0 fully saturated rings. The first-order chi connectivity index (χ1) is 9.61. The van der Waals surface area contributed by atoms with Crippen molar-refractivity contribution in [1.82, 2.24) is 0 Å². The van der Waals surface area contributed by atoms with E-state index in [4.69, 9.17) is 9.84 Å². The SMILES string of the molecule is CCOC(=O)C(SCC(=O)O)c1ccc2c(c1)CCC2. The number of aliphatic carboxylic acids is 1. The summed E-state index contributed by atoms with van der Waals surface area (Å²) in [6.45, 7) is 2.05. The largest absolute Gasteiger partial charge is 0.481 e. The normalized spacial score (nSPS) is 14.7. The van der Waals surface area contributed by atoms with Crippen LogP contribution in [0.2, 0.25) is 0 Å². The summed E-state index contributed by atoms with van der Waals surface area (Å²) in [7, 11) is 0. The number of hydrogen-bond donors (Lipinski definition) is 1. The summed E-state index contributed by atoms with van der Waals surface area (Å²) < 4.78 is 5.06. The second-order valence-electron chi connectivity index (χ2n) is 4.72. The molecule has 0 spiro atoms. The van der Waals surface area contributed by atoms with Crippen LogP contribution in [0.4, 0.5) is 0 Å². The number of benzene rings is 1. The first-order valence-electron chi connectivity index (χ1n) is 6.73. The minimum absolute atomic E-state index is 0.111. The molecule has 0 aromatic heterocycles. The summed E-state index contributed by atoms with van der Waals surface area (Å²) in [6, 6.07) is 5.99. The molecule has 2 rings (SSSR count). The quantitative estimate of drug-likeness (QED) is 0.817. The predicted molar refractivity (Wildman–Crippen MR) is 77.9 cm³/mol. The molecular weight excluding hydrogens is 276 g/mol. The molecule has 0 saturated heterocycles. The van der Waals surface area contributed by atoms with Crippen LogP contribution in [0.1, 0.15) is 35.3 Å². The summed E-state index contributed by atoms with van der Waals surface area (Å²) in [5.74, 6) is -1.40. The molecule has 20 heavy (non-hydrogen) atoms. The Bertz CT molecular complexity index is 513. The highest BCUT2D eigenvalue weighted by molar-refractivity contribution is 8.00. The Morgan fingerprint density at radius 3 is 2.80 bits per heavy atom. The van der Waals surface area contributed by atoms with Crippen molar-refractivity contribution in [3.8, 4) is 0 Å². The molecule has 1 aliphatic rings. The number of carbonyl (C=O) groups excluding carboxylic acids is 1. The number of fused-ring (bicyclic) bond motifs is 1. The Hall–Kier alpha value is -1.49. The highest BCUT2D eigenvalue weighted by atomic mass is 32.2. The lowest BCUT2D eigenvalue weighted by molar-refractivity contribution is -0.142. The van der Waals surface area contributed by atoms with Crippen LogP contribution in [0, 0.1) is 0 Å². The van der Waals surface area contributed by atoms with E-state index in [2.05, 4.69) is 0 Å². The maximum atomic E-state index is 12.0. The Morgan fingerprint density at radius 2 is 2.10 bits per heavy atom. The second-order valence-corrected chi connectivity index (χ2v) is 5.81. The predicted octanol–water partition coefficient (Wildman–Crippen LogP) is 2.60. The van der Waals surface area contributed by atoms with Crippen molar-refractivity contribution in [2.24, 2.45) is 0 Å². The van der Waals surface area contributed by atoms with E-state index < -0.39 is 11.2 Å². The summed E-state index contributed by atoms with van der Waals surface area (Å²) in [6.07, 6.45) is 3.26. The van der Waals surface area contributed by atoms with E-state index in [1.807, 2.05) is 18.2 Å². The number of rotatable bonds is 6. The summed E-state index contributed by atoms with van der Waals surface area (Å²) in [5.41, 5.74) is 3.45. The average molecular weight is 294 g/mol. The third kappa shape index (κ3) is 3.54. The van der Waals surface area contributed by atoms with E-state index in [9.17, 15) is 9.59 Å². The molecule has 1 aromatic rings. The van der Waals surface area contributed by atoms with Crippen molar-refractivity contribution in [2.75, 3.05) is 12.4 Å². The molecule has 1 atom stereocenters. The van der Waals surface area contributed by atoms with E-state index >= 15 is 0 Å². The number of carboxylic acid groups (broad SMARTS) is 1. The van der Waals surface area contributed by atoms with Gasteiger partial charge in [-0.2, -0.15) is 0 Å². The Balaban J connectivity index is 2.20. The van der Waals surface area contributed by atoms with E-state index in [1.54, 1.807) is 6.92 Å². The van der Waals surface area contributed by atoms with Gasteiger partial charge < -0.3 is 9.84 Å². The number of carboxylic acids is 1. The summed E-state index contributed by atoms with van der Waals surface area (Å²) in [5, 5.41) is 8.24. The van der Waals surface area contributed by atoms with Gasteiger partial charge in [-0.05, 0) is 42.9 Å². The minimum Gasteiger partial charge on any atom is -0.481 e. The Labute approximate surface area is 122 Å². The maximum Gasteiger partial charge on any atom is 0.323 e. The van der Waals surface area contributed by atoms with Gasteiger partial charge in [0.25, 0.3) is 0 Å². The van der Waals surface area contributed by atoms with Gasteiger partial charge >= 0.3 is 11.9 Å². The van der Waals surface area contributed by atoms with Crippen molar-refractivity contribution in [2.45, 2.75) is 31.4 Å². The van der Waals surface area contributed by atoms with Gasteiger partial charge in [0.2, 0.25) is 0 Å². The van der Waals surface area contributed by atoms with E-state index in [0.717, 1.165) is 36.6 Å². The summed E-state index contributed by atoms with van der Waals surface area (Å²) >= 11 is 1.10. The van der Waals surface area contributed by atoms with Crippen LogP contribution in [0.15, 0.2) is 18.2 Å². The molecular formula is C15H18O4S. The average Bonchev–Trinajstić information content (AvgIpc) is 2.86. The number of esters is 1. The molecule has 1 aliphatic carbocycles. The van der Waals surface area contributed by atoms with Gasteiger partial charge in [0.05, 0.1) is 12.4 Å². The van der Waals surface area contributed by atoms with Gasteiger partial charge in [0.1, 0.15) is 5.25 Å². The number of ether oxygens (including phenoxy) is 1. The van der Waals surface area contributed by atoms with Crippen LogP contribution >= 0.6 is 11.8 Å². The van der Waals surface area contributed by atoms with Crippen molar-refractivity contribution < 1.29 is 19.4 Å². The number of thioether (sulfide) groups is 1. The monoisotopic (exact) mass is 294 g/mol. The Morgan fingerprint density at radius 1 is 1.35 bits per heavy atom. The van der Waals surface area contributed by atoms with Gasteiger partial charge in [-0.1, -0.05) is 18.2 Å². The van der Waals surface area contributed by atoms with E-state index in [-0.39, 0.29) is 11.7 Å². The third-order valence-corrected chi connectivity index (χ3v) is 4.51. The van der Waals surface area contributed by atoms with Crippen molar-refractivity contribution in [1.29, 1.82) is 0 Å². The maximum absolute atomic E-state index is 12.0. The van der Waals surface area contributed by atoms with Gasteiger partial charge in [-0.15, -0.1) is 11.8 Å². The first-order valence-corrected chi connectivity index (χ1v) is 7.78. The molecule has 0 saturated carbocycles. The highest BCUT2D eigenvalue weighted by Gasteiger charge is 2.25. The van der Waals surface area contributed by atoms with Crippen molar-refractivity contribution >= 4 is 23.7 Å². The molecule has 0 bridgehead atoms. The topological polar surface area (TPSA) is 63.6 Å². The molecule has 5 heteroatoms. The van der Waals surface area contributed by atoms with Crippen LogP contribution in [-0.4, -0.2) is 29.4 Å². The van der Waals surface area contributed by atoms with Gasteiger partial charge in [-0.25, -0.2) is 0 Å². The number of aryl methyl sites for hydroxylation is 2. The highest BCUT2D eigenvalue weighted by Crippen LogP contribution is 2.33. The zero-order valence-electron chi connectivity index (χ0n) is 11.4. The smallest absolute Gasteiger partial charge is 0.323 e. The van der Waals surface area contributed by atoms with Crippen molar-refractivity contribution in [3.05, 3.63) is 34.9 Å². The zero-order valence-corrected chi connectivity index (χ0v) is 12.2. The van der Waals surface area contributed by atoms with Crippen LogP contribution < -0.4 is 0 Å². The molecule has 4 nitrogen and oxygen atoms in total. The van der Waals surface area contributed by atoms with Crippen LogP contribution in [0.3, 0.4) is 0 Å². The second kappa shape index (κ2) is 6.79. The third-order valence-electron chi connectivity index (χ3n) is 3.30. The standard InChI is InChI=1S/C15H18O4S/c1-2-19-15(18)14(20-9-13(16)17)12-7-6-10-4-3-5-11(10)8-12/h6-8,14H,2-5,9H2,1H3,(H,16,17). The fourth-order valence-corrected chi connectivity index (χ4v) is 3.28. The minimum atomic E-state index is -0.926. The van der Waals surface area contributed by atoms with Gasteiger partial charge in [0.15, 0.2) is 0 Å². The van der Waals surface area contributed by atoms with Crippen molar-refractivity contribution in [3.63, 3.8) is 0 Å². The zero-order chi connectivity index (χ0) is 14.5. The Kier molecular flexibility index (Phi) is 5.06. The fraction of sp³-hybridized carbons (Fsp3) is 0.467. The molecule has 0 aliphatic heterocycles. The van der Waals surface area contributed by atoms with Gasteiger partial charge in [0, 0.05) is 0 Å². The first kappa shape index (κ1) is 14.9. The van der Waals surface area contributed by atoms with E-state index in [1.165, 1.54) is 11.1 Å². The van der Waals surface area contributed by atoms with Crippen LogP contribution in [0.5, 0.6) is 0 Å². The lowest BCUT2D eigenvalue weighted by Crippen LogP contribution is -2.15. The molecule has 108 valence electrons. The summed E-state index contributed by atoms with van der Waals surface area (Å²) in [4.78, 5) is 22.8. The molecule has 1 N–H and O–H groups in total. The molecule has 1 aromatic carbocycles. The molecule has 0 heterocycles. The lowest BCUT2D eigenvalue weighted by Gasteiger charge is -2.16. The molecule has 1 unspecified atom stereocenters. The van der Waals surface area contributed by atoms with E-state index in [0.29, 0.717) is 6.61 Å². The molecule has 0 amide bonds. The number of carbonyl (C=O) groups is 2. The number of hydrogen-bond acceptors (Lipinski definition) is 4. The lowest BCUT2D eigenvalue weighted by atomic mass is 10.0. The van der Waals surface area contributed by atoms with Crippen LogP contribution in [0.25, 0.3) is 0 Å². The van der Waals surface area contributed by atoms with Crippen LogP contribution in [-0.2, 0) is 27.2 Å². The van der Waals surface area contributed by atoms with Gasteiger partial charge in [-0.3, -0.25) is 9.59 Å². The molecule has 0 radical (unpaired) electrons. The fourth-order valence-electron chi connectivity index (χ4n) is 2.43.